The Balaban J connectivity index is 1.35. The number of alkyl carbamates (subject to hydrolysis) is 1. The Morgan fingerprint density at radius 3 is 2.30 bits per heavy atom. The van der Waals surface area contributed by atoms with Gasteiger partial charge in [0.1, 0.15) is 5.60 Å². The van der Waals surface area contributed by atoms with E-state index in [9.17, 15) is 14.4 Å². The van der Waals surface area contributed by atoms with Gasteiger partial charge in [0.2, 0.25) is 5.96 Å². The smallest absolute Gasteiger partial charge is 0.414 e. The van der Waals surface area contributed by atoms with E-state index in [-0.39, 0.29) is 30.9 Å². The van der Waals surface area contributed by atoms with E-state index in [2.05, 4.69) is 10.2 Å². The molecule has 3 rings (SSSR count). The number of unbranched alkanes of at least 4 members (excludes halogenated alkanes) is 1. The molecule has 0 aromatic carbocycles. The van der Waals surface area contributed by atoms with E-state index in [4.69, 9.17) is 20.0 Å². The molecule has 0 radical (unpaired) electrons. The van der Waals surface area contributed by atoms with Crippen LogP contribution in [0.4, 0.5) is 9.59 Å². The van der Waals surface area contributed by atoms with Crippen LogP contribution in [-0.4, -0.2) is 120 Å². The molecule has 0 aromatic heterocycles. The first kappa shape index (κ1) is 29.0. The molecule has 0 bridgehead atoms. The zero-order valence-corrected chi connectivity index (χ0v) is 22.7. The second kappa shape index (κ2) is 12.8. The Morgan fingerprint density at radius 2 is 1.70 bits per heavy atom. The minimum atomic E-state index is -0.820. The predicted molar refractivity (Wildman–Crippen MR) is 137 cm³/mol. The molecule has 37 heavy (non-hydrogen) atoms. The summed E-state index contributed by atoms with van der Waals surface area (Å²) in [7, 11) is 1.80. The minimum Gasteiger partial charge on any atom is -0.480 e. The Hall–Kier alpha value is -2.60. The van der Waals surface area contributed by atoms with Gasteiger partial charge >= 0.3 is 18.2 Å². The van der Waals surface area contributed by atoms with Gasteiger partial charge in [0.05, 0.1) is 12.6 Å². The van der Waals surface area contributed by atoms with E-state index in [0.717, 1.165) is 51.6 Å². The third-order valence-corrected chi connectivity index (χ3v) is 7.37. The standard InChI is InChI=1S/C25H44N6O6/c1-25(2,3)37-23(34)27-22(26)31-11-9-18(10-12-31)7-5-6-8-19-21(36-24(35)28(19)4)30-15-13-29(14-16-30)17-20(32)33/h18-19,21H,5-17H2,1-4H3,(H,32,33)(H2,26,27,34). The van der Waals surface area contributed by atoms with Crippen molar-refractivity contribution in [3.05, 3.63) is 0 Å². The van der Waals surface area contributed by atoms with Gasteiger partial charge in [0, 0.05) is 46.3 Å². The van der Waals surface area contributed by atoms with Crippen LogP contribution in [0.2, 0.25) is 0 Å². The Kier molecular flexibility index (Phi) is 10.00. The highest BCUT2D eigenvalue weighted by molar-refractivity contribution is 5.92. The van der Waals surface area contributed by atoms with Crippen LogP contribution in [0, 0.1) is 11.3 Å². The number of carboxylic acid groups (broad SMARTS) is 1. The van der Waals surface area contributed by atoms with Crippen molar-refractivity contribution in [2.75, 3.05) is 52.9 Å². The Labute approximate surface area is 219 Å². The van der Waals surface area contributed by atoms with Gasteiger partial charge in [-0.05, 0) is 46.0 Å². The number of hydrogen-bond acceptors (Lipinski definition) is 8. The molecule has 12 heteroatoms. The van der Waals surface area contributed by atoms with Crippen molar-refractivity contribution in [3.8, 4) is 0 Å². The topological polar surface area (TPSA) is 139 Å². The van der Waals surface area contributed by atoms with E-state index in [0.29, 0.717) is 32.1 Å². The molecule has 3 saturated heterocycles. The van der Waals surface area contributed by atoms with Gasteiger partial charge in [-0.15, -0.1) is 0 Å². The Bertz CT molecular complexity index is 817. The van der Waals surface area contributed by atoms with Crippen molar-refractivity contribution < 1.29 is 29.0 Å². The molecule has 210 valence electrons. The van der Waals surface area contributed by atoms with Gasteiger partial charge in [-0.3, -0.25) is 25.3 Å². The number of rotatable bonds is 8. The van der Waals surface area contributed by atoms with Crippen LogP contribution in [0.3, 0.4) is 0 Å². The molecule has 3 aliphatic heterocycles. The first-order valence-corrected chi connectivity index (χ1v) is 13.4. The molecule has 0 aromatic rings. The number of nitrogens with zero attached hydrogens (tertiary/aromatic N) is 4. The maximum atomic E-state index is 12.3. The summed E-state index contributed by atoms with van der Waals surface area (Å²) in [4.78, 5) is 42.8. The van der Waals surface area contributed by atoms with Crippen molar-refractivity contribution in [1.82, 2.24) is 24.9 Å². The van der Waals surface area contributed by atoms with Gasteiger partial charge in [0.15, 0.2) is 6.23 Å². The van der Waals surface area contributed by atoms with E-state index in [1.165, 1.54) is 0 Å². The summed E-state index contributed by atoms with van der Waals surface area (Å²) < 4.78 is 10.9. The number of carboxylic acids is 1. The molecular formula is C25H44N6O6. The van der Waals surface area contributed by atoms with Crippen LogP contribution >= 0.6 is 0 Å². The van der Waals surface area contributed by atoms with E-state index >= 15 is 0 Å². The fourth-order valence-electron chi connectivity index (χ4n) is 5.32. The Morgan fingerprint density at radius 1 is 1.08 bits per heavy atom. The largest absolute Gasteiger partial charge is 0.480 e. The van der Waals surface area contributed by atoms with Crippen molar-refractivity contribution in [2.45, 2.75) is 77.2 Å². The highest BCUT2D eigenvalue weighted by Gasteiger charge is 2.43. The number of hydrogen-bond donors (Lipinski definition) is 3. The van der Waals surface area contributed by atoms with E-state index < -0.39 is 17.7 Å². The lowest BCUT2D eigenvalue weighted by molar-refractivity contribution is -0.139. The fourth-order valence-corrected chi connectivity index (χ4v) is 5.32. The van der Waals surface area contributed by atoms with Gasteiger partial charge in [-0.1, -0.05) is 19.3 Å². The van der Waals surface area contributed by atoms with Gasteiger partial charge in [0.25, 0.3) is 0 Å². The van der Waals surface area contributed by atoms with Crippen molar-refractivity contribution in [1.29, 1.82) is 5.41 Å². The molecule has 0 spiro atoms. The summed E-state index contributed by atoms with van der Waals surface area (Å²) in [5.41, 5.74) is -0.596. The van der Waals surface area contributed by atoms with Crippen molar-refractivity contribution >= 4 is 24.1 Å². The maximum Gasteiger partial charge on any atom is 0.414 e. The van der Waals surface area contributed by atoms with Gasteiger partial charge < -0.3 is 24.4 Å². The summed E-state index contributed by atoms with van der Waals surface area (Å²) in [6.07, 6.45) is 4.82. The minimum absolute atomic E-state index is 0.000211. The van der Waals surface area contributed by atoms with Crippen LogP contribution in [0.5, 0.6) is 0 Å². The van der Waals surface area contributed by atoms with Crippen LogP contribution in [0.25, 0.3) is 0 Å². The zero-order chi connectivity index (χ0) is 27.2. The quantitative estimate of drug-likeness (QED) is 0.248. The lowest BCUT2D eigenvalue weighted by atomic mass is 9.91. The molecule has 3 heterocycles. The summed E-state index contributed by atoms with van der Waals surface area (Å²) in [5.74, 6) is -0.140. The summed E-state index contributed by atoms with van der Waals surface area (Å²) in [6, 6.07) is -0.000211. The second-order valence-electron chi connectivity index (χ2n) is 11.3. The number of amides is 2. The average molecular weight is 525 g/mol. The number of carbonyl (C=O) groups excluding carboxylic acids is 2. The fraction of sp³-hybridized carbons (Fsp3) is 0.840. The third kappa shape index (κ3) is 8.74. The molecule has 3 N–H and O–H groups in total. The number of likely N-dealkylation sites (tertiary alicyclic amines) is 1. The lowest BCUT2D eigenvalue weighted by Gasteiger charge is -2.38. The second-order valence-corrected chi connectivity index (χ2v) is 11.3. The van der Waals surface area contributed by atoms with Crippen molar-refractivity contribution in [3.63, 3.8) is 0 Å². The highest BCUT2D eigenvalue weighted by atomic mass is 16.6. The van der Waals surface area contributed by atoms with Gasteiger partial charge in [-0.2, -0.15) is 0 Å². The maximum absolute atomic E-state index is 12.3. The monoisotopic (exact) mass is 524 g/mol. The number of piperidine rings is 1. The average Bonchev–Trinajstić information content (AvgIpc) is 3.09. The molecule has 2 unspecified atom stereocenters. The molecule has 12 nitrogen and oxygen atoms in total. The lowest BCUT2D eigenvalue weighted by Crippen LogP contribution is -2.54. The summed E-state index contributed by atoms with van der Waals surface area (Å²) in [6.45, 7) is 9.58. The normalized spacial score (nSPS) is 24.2. The molecule has 3 fully saturated rings. The van der Waals surface area contributed by atoms with Crippen LogP contribution < -0.4 is 5.32 Å². The SMILES string of the molecule is CN1C(=O)OC(N2CCN(CC(=O)O)CC2)C1CCCCC1CCN(C(=N)NC(=O)OC(C)(C)C)CC1. The molecule has 0 saturated carbocycles. The number of guanidine groups is 1. The number of cyclic esters (lactones) is 1. The highest BCUT2D eigenvalue weighted by Crippen LogP contribution is 2.28. The number of nitrogens with one attached hydrogen (secondary N) is 2. The van der Waals surface area contributed by atoms with Crippen LogP contribution in [-0.2, 0) is 14.3 Å². The first-order chi connectivity index (χ1) is 17.4. The zero-order valence-electron chi connectivity index (χ0n) is 22.7. The molecule has 2 amide bonds. The third-order valence-electron chi connectivity index (χ3n) is 7.37. The number of aliphatic carboxylic acids is 1. The van der Waals surface area contributed by atoms with Crippen molar-refractivity contribution in [2.24, 2.45) is 5.92 Å². The first-order valence-electron chi connectivity index (χ1n) is 13.4. The van der Waals surface area contributed by atoms with Crippen LogP contribution in [0.1, 0.15) is 59.3 Å². The van der Waals surface area contributed by atoms with Crippen LogP contribution in [0.15, 0.2) is 0 Å². The summed E-state index contributed by atoms with van der Waals surface area (Å²) in [5, 5.41) is 19.7. The molecule has 2 atom stereocenters. The molecule has 0 aliphatic carbocycles. The predicted octanol–water partition coefficient (Wildman–Crippen LogP) is 2.20. The molecular weight excluding hydrogens is 480 g/mol. The summed E-state index contributed by atoms with van der Waals surface area (Å²) >= 11 is 0. The number of likely N-dealkylation sites (N-methyl/N-ethyl adjacent to an activating group) is 1. The number of piperazine rings is 1. The molecule has 3 aliphatic rings. The van der Waals surface area contributed by atoms with E-state index in [1.807, 2.05) is 9.80 Å². The van der Waals surface area contributed by atoms with E-state index in [1.54, 1.807) is 32.7 Å². The number of ether oxygens (including phenoxy) is 2. The number of carbonyl (C=O) groups is 3. The van der Waals surface area contributed by atoms with Gasteiger partial charge in [-0.25, -0.2) is 9.59 Å².